The maximum atomic E-state index is 12.2. The van der Waals surface area contributed by atoms with Crippen LogP contribution in [0.25, 0.3) is 0 Å². The molecule has 0 spiro atoms. The highest BCUT2D eigenvalue weighted by atomic mass is 16.5. The van der Waals surface area contributed by atoms with Crippen molar-refractivity contribution < 1.29 is 19.4 Å². The van der Waals surface area contributed by atoms with Crippen molar-refractivity contribution in [2.24, 2.45) is 5.92 Å². The number of nitrogens with one attached hydrogen (secondary N) is 2. The second kappa shape index (κ2) is 8.99. The number of ether oxygens (including phenoxy) is 1. The molecule has 3 aliphatic rings. The molecule has 2 saturated carbocycles. The first-order valence-electron chi connectivity index (χ1n) is 10.0. The summed E-state index contributed by atoms with van der Waals surface area (Å²) in [5.74, 6) is 0.274. The van der Waals surface area contributed by atoms with Gasteiger partial charge in [-0.3, -0.25) is 9.59 Å². The van der Waals surface area contributed by atoms with Gasteiger partial charge in [-0.1, -0.05) is 25.7 Å². The van der Waals surface area contributed by atoms with Crippen molar-refractivity contribution in [1.82, 2.24) is 10.6 Å². The fraction of sp³-hybridized carbons (Fsp3) is 0.895. The van der Waals surface area contributed by atoms with Gasteiger partial charge in [-0.2, -0.15) is 0 Å². The molecule has 3 atom stereocenters. The van der Waals surface area contributed by atoms with Gasteiger partial charge in [0.25, 0.3) is 0 Å². The molecular weight excluding hydrogens is 320 g/mol. The van der Waals surface area contributed by atoms with Crippen molar-refractivity contribution in [3.63, 3.8) is 0 Å². The largest absolute Gasteiger partial charge is 0.394 e. The summed E-state index contributed by atoms with van der Waals surface area (Å²) in [6.07, 6.45) is 10.1. The van der Waals surface area contributed by atoms with E-state index in [2.05, 4.69) is 10.6 Å². The summed E-state index contributed by atoms with van der Waals surface area (Å²) in [6.45, 7) is -0.129. The van der Waals surface area contributed by atoms with Crippen molar-refractivity contribution in [1.29, 1.82) is 0 Å². The predicted molar refractivity (Wildman–Crippen MR) is 93.9 cm³/mol. The molecule has 142 valence electrons. The van der Waals surface area contributed by atoms with Crippen LogP contribution < -0.4 is 10.6 Å². The number of hydrogen-bond acceptors (Lipinski definition) is 4. The molecule has 1 saturated heterocycles. The molecule has 2 aliphatic carbocycles. The van der Waals surface area contributed by atoms with Crippen LogP contribution in [-0.2, 0) is 14.3 Å². The Bertz CT molecular complexity index is 460. The lowest BCUT2D eigenvalue weighted by Crippen LogP contribution is -2.53. The fourth-order valence-corrected chi connectivity index (χ4v) is 4.16. The Morgan fingerprint density at radius 2 is 1.68 bits per heavy atom. The Balaban J connectivity index is 1.42. The standard InChI is InChI=1S/C19H32N2O4/c22-12-17-16(21-19(24)13-5-4-6-13)10-9-15(25-17)11-18(23)20-14-7-2-1-3-8-14/h13-17,22H,1-12H2,(H,20,23)(H,21,24)/t15-,16+,17-/m1/s1. The van der Waals surface area contributed by atoms with E-state index in [1.54, 1.807) is 0 Å². The molecule has 0 aromatic carbocycles. The normalized spacial score (nSPS) is 31.2. The van der Waals surface area contributed by atoms with Crippen molar-refractivity contribution in [3.05, 3.63) is 0 Å². The molecule has 6 heteroatoms. The van der Waals surface area contributed by atoms with E-state index in [9.17, 15) is 14.7 Å². The third kappa shape index (κ3) is 5.17. The average Bonchev–Trinajstić information content (AvgIpc) is 2.55. The molecule has 3 rings (SSSR count). The van der Waals surface area contributed by atoms with Gasteiger partial charge in [-0.15, -0.1) is 0 Å². The molecule has 1 heterocycles. The first kappa shape index (κ1) is 18.6. The number of aliphatic hydroxyl groups excluding tert-OH is 1. The molecule has 0 aromatic rings. The number of carbonyl (C=O) groups is 2. The van der Waals surface area contributed by atoms with Crippen LogP contribution in [0.15, 0.2) is 0 Å². The highest BCUT2D eigenvalue weighted by Gasteiger charge is 2.35. The second-order valence-corrected chi connectivity index (χ2v) is 7.91. The Kier molecular flexibility index (Phi) is 6.70. The summed E-state index contributed by atoms with van der Waals surface area (Å²) in [6, 6.07) is 0.170. The SMILES string of the molecule is O=C(C[C@H]1CC[C@H](NC(=O)C2CCC2)[C@@H](CO)O1)NC1CCCCC1. The summed E-state index contributed by atoms with van der Waals surface area (Å²) in [5.41, 5.74) is 0. The van der Waals surface area contributed by atoms with Crippen molar-refractivity contribution in [2.45, 2.75) is 94.9 Å². The first-order valence-corrected chi connectivity index (χ1v) is 10.0. The second-order valence-electron chi connectivity index (χ2n) is 7.91. The summed E-state index contributed by atoms with van der Waals surface area (Å²) < 4.78 is 5.91. The molecule has 6 nitrogen and oxygen atoms in total. The van der Waals surface area contributed by atoms with Gasteiger partial charge in [-0.05, 0) is 38.5 Å². The highest BCUT2D eigenvalue weighted by Crippen LogP contribution is 2.28. The van der Waals surface area contributed by atoms with E-state index in [1.807, 2.05) is 0 Å². The van der Waals surface area contributed by atoms with Crippen LogP contribution in [0.5, 0.6) is 0 Å². The third-order valence-corrected chi connectivity index (χ3v) is 5.98. The zero-order valence-corrected chi connectivity index (χ0v) is 15.0. The number of aliphatic hydroxyl groups is 1. The minimum atomic E-state index is -0.412. The van der Waals surface area contributed by atoms with E-state index in [0.717, 1.165) is 44.9 Å². The molecule has 3 N–H and O–H groups in total. The van der Waals surface area contributed by atoms with Gasteiger partial charge in [0.2, 0.25) is 11.8 Å². The highest BCUT2D eigenvalue weighted by molar-refractivity contribution is 5.79. The Morgan fingerprint density at radius 3 is 2.32 bits per heavy atom. The molecule has 0 bridgehead atoms. The lowest BCUT2D eigenvalue weighted by Gasteiger charge is -2.37. The van der Waals surface area contributed by atoms with Crippen molar-refractivity contribution in [2.75, 3.05) is 6.61 Å². The molecule has 25 heavy (non-hydrogen) atoms. The molecule has 0 aromatic heterocycles. The Morgan fingerprint density at radius 1 is 0.920 bits per heavy atom. The maximum absolute atomic E-state index is 12.2. The lowest BCUT2D eigenvalue weighted by atomic mass is 9.84. The van der Waals surface area contributed by atoms with Gasteiger partial charge in [0.15, 0.2) is 0 Å². The van der Waals surface area contributed by atoms with Crippen LogP contribution in [0, 0.1) is 5.92 Å². The smallest absolute Gasteiger partial charge is 0.223 e. The van der Waals surface area contributed by atoms with Crippen LogP contribution in [0.1, 0.15) is 70.6 Å². The van der Waals surface area contributed by atoms with Gasteiger partial charge in [0.05, 0.1) is 25.2 Å². The summed E-state index contributed by atoms with van der Waals surface area (Å²) in [5, 5.41) is 15.8. The molecule has 3 fully saturated rings. The molecule has 2 amide bonds. The van der Waals surface area contributed by atoms with Crippen LogP contribution in [0.3, 0.4) is 0 Å². The van der Waals surface area contributed by atoms with Gasteiger partial charge in [-0.25, -0.2) is 0 Å². The van der Waals surface area contributed by atoms with Crippen molar-refractivity contribution in [3.8, 4) is 0 Å². The van der Waals surface area contributed by atoms with Gasteiger partial charge in [0, 0.05) is 12.0 Å². The third-order valence-electron chi connectivity index (χ3n) is 5.98. The van der Waals surface area contributed by atoms with E-state index in [-0.39, 0.29) is 36.5 Å². The molecular formula is C19H32N2O4. The lowest BCUT2D eigenvalue weighted by molar-refractivity contribution is -0.139. The molecule has 1 aliphatic heterocycles. The Hall–Kier alpha value is -1.14. The zero-order chi connectivity index (χ0) is 17.6. The predicted octanol–water partition coefficient (Wildman–Crippen LogP) is 1.65. The van der Waals surface area contributed by atoms with E-state index in [4.69, 9.17) is 4.74 Å². The zero-order valence-electron chi connectivity index (χ0n) is 15.0. The average molecular weight is 352 g/mol. The number of carbonyl (C=O) groups excluding carboxylic acids is 2. The first-order chi connectivity index (χ1) is 12.2. The van der Waals surface area contributed by atoms with Crippen LogP contribution in [-0.4, -0.2) is 47.8 Å². The fourth-order valence-electron chi connectivity index (χ4n) is 4.16. The van der Waals surface area contributed by atoms with Gasteiger partial charge >= 0.3 is 0 Å². The van der Waals surface area contributed by atoms with Gasteiger partial charge in [0.1, 0.15) is 6.10 Å². The summed E-state index contributed by atoms with van der Waals surface area (Å²) >= 11 is 0. The van der Waals surface area contributed by atoms with Crippen LogP contribution in [0.4, 0.5) is 0 Å². The number of amides is 2. The maximum Gasteiger partial charge on any atom is 0.223 e. The summed E-state index contributed by atoms with van der Waals surface area (Å²) in [4.78, 5) is 24.4. The topological polar surface area (TPSA) is 87.7 Å². The number of hydrogen-bond donors (Lipinski definition) is 3. The molecule has 0 radical (unpaired) electrons. The summed E-state index contributed by atoms with van der Waals surface area (Å²) in [7, 11) is 0. The number of rotatable bonds is 6. The van der Waals surface area contributed by atoms with Crippen LogP contribution in [0.2, 0.25) is 0 Å². The Labute approximate surface area is 150 Å². The quantitative estimate of drug-likeness (QED) is 0.678. The van der Waals surface area contributed by atoms with E-state index < -0.39 is 6.10 Å². The minimum Gasteiger partial charge on any atom is -0.394 e. The van der Waals surface area contributed by atoms with E-state index in [0.29, 0.717) is 12.5 Å². The minimum absolute atomic E-state index is 0.0468. The van der Waals surface area contributed by atoms with Gasteiger partial charge < -0.3 is 20.5 Å². The van der Waals surface area contributed by atoms with E-state index >= 15 is 0 Å². The monoisotopic (exact) mass is 352 g/mol. The molecule has 0 unspecified atom stereocenters. The van der Waals surface area contributed by atoms with Crippen molar-refractivity contribution >= 4 is 11.8 Å². The van der Waals surface area contributed by atoms with Crippen LogP contribution >= 0.6 is 0 Å². The van der Waals surface area contributed by atoms with E-state index in [1.165, 1.54) is 19.3 Å².